The lowest BCUT2D eigenvalue weighted by Gasteiger charge is -2.02. The molecule has 0 atom stereocenters. The molecule has 0 saturated heterocycles. The maximum atomic E-state index is 4.29. The summed E-state index contributed by atoms with van der Waals surface area (Å²) in [5.74, 6) is 2.10. The first-order chi connectivity index (χ1) is 6.90. The monoisotopic (exact) mass is 189 g/mol. The molecular formula is C9H11N5. The molecule has 2 heterocycles. The van der Waals surface area contributed by atoms with Crippen molar-refractivity contribution in [1.82, 2.24) is 19.9 Å². The van der Waals surface area contributed by atoms with Gasteiger partial charge in [-0.05, 0) is 13.0 Å². The molecule has 72 valence electrons. The molecule has 0 amide bonds. The normalized spacial score (nSPS) is 10.1. The molecule has 0 aliphatic heterocycles. The van der Waals surface area contributed by atoms with E-state index in [0.29, 0.717) is 11.6 Å². The maximum absolute atomic E-state index is 4.29. The van der Waals surface area contributed by atoms with Gasteiger partial charge in [-0.3, -0.25) is 0 Å². The summed E-state index contributed by atoms with van der Waals surface area (Å²) in [6.45, 7) is 2.86. The van der Waals surface area contributed by atoms with Crippen molar-refractivity contribution < 1.29 is 0 Å². The van der Waals surface area contributed by atoms with Gasteiger partial charge < -0.3 is 10.3 Å². The van der Waals surface area contributed by atoms with E-state index in [-0.39, 0.29) is 0 Å². The molecule has 2 N–H and O–H groups in total. The van der Waals surface area contributed by atoms with Crippen molar-refractivity contribution in [3.8, 4) is 11.6 Å². The Morgan fingerprint density at radius 2 is 2.29 bits per heavy atom. The van der Waals surface area contributed by atoms with Gasteiger partial charge in [0.15, 0.2) is 11.6 Å². The summed E-state index contributed by atoms with van der Waals surface area (Å²) in [6.07, 6.45) is 5.14. The lowest BCUT2D eigenvalue weighted by molar-refractivity contribution is 1.09. The standard InChI is InChI=1S/C9H11N5/c1-2-10-7-3-4-11-9(14-7)8-12-5-6-13-8/h3-6H,2H2,1H3,(H,12,13)(H,10,11,14). The molecule has 14 heavy (non-hydrogen) atoms. The number of H-pyrrole nitrogens is 1. The highest BCUT2D eigenvalue weighted by Gasteiger charge is 2.03. The van der Waals surface area contributed by atoms with Gasteiger partial charge in [0.1, 0.15) is 5.82 Å². The smallest absolute Gasteiger partial charge is 0.197 e. The quantitative estimate of drug-likeness (QED) is 0.763. The molecular weight excluding hydrogens is 178 g/mol. The van der Waals surface area contributed by atoms with E-state index in [2.05, 4.69) is 25.3 Å². The molecule has 2 aromatic rings. The second-order valence-electron chi connectivity index (χ2n) is 2.73. The highest BCUT2D eigenvalue weighted by Crippen LogP contribution is 2.10. The first-order valence-corrected chi connectivity index (χ1v) is 4.47. The molecule has 0 aliphatic rings. The van der Waals surface area contributed by atoms with Gasteiger partial charge >= 0.3 is 0 Å². The predicted molar refractivity (Wildman–Crippen MR) is 53.8 cm³/mol. The summed E-state index contributed by atoms with van der Waals surface area (Å²) in [4.78, 5) is 15.4. The predicted octanol–water partition coefficient (Wildman–Crippen LogP) is 1.30. The van der Waals surface area contributed by atoms with Gasteiger partial charge in [-0.1, -0.05) is 0 Å². The molecule has 0 unspecified atom stereocenters. The molecule has 0 fully saturated rings. The van der Waals surface area contributed by atoms with E-state index in [1.165, 1.54) is 0 Å². The Hall–Kier alpha value is -1.91. The minimum atomic E-state index is 0.605. The zero-order valence-corrected chi connectivity index (χ0v) is 7.86. The maximum Gasteiger partial charge on any atom is 0.197 e. The van der Waals surface area contributed by atoms with Gasteiger partial charge in [-0.2, -0.15) is 0 Å². The van der Waals surface area contributed by atoms with Gasteiger partial charge in [-0.25, -0.2) is 15.0 Å². The van der Waals surface area contributed by atoms with Crippen molar-refractivity contribution in [3.05, 3.63) is 24.7 Å². The number of rotatable bonds is 3. The third-order valence-corrected chi connectivity index (χ3v) is 1.72. The van der Waals surface area contributed by atoms with Crippen LogP contribution < -0.4 is 5.32 Å². The Kier molecular flexibility index (Phi) is 2.40. The topological polar surface area (TPSA) is 66.5 Å². The average Bonchev–Trinajstić information content (AvgIpc) is 2.71. The number of nitrogens with zero attached hydrogens (tertiary/aromatic N) is 3. The summed E-state index contributed by atoms with van der Waals surface area (Å²) in [6, 6.07) is 1.83. The molecule has 5 nitrogen and oxygen atoms in total. The summed E-state index contributed by atoms with van der Waals surface area (Å²) in [5.41, 5.74) is 0. The summed E-state index contributed by atoms with van der Waals surface area (Å²) in [7, 11) is 0. The number of imidazole rings is 1. The van der Waals surface area contributed by atoms with Crippen LogP contribution in [0.5, 0.6) is 0 Å². The Bertz CT molecular complexity index is 395. The van der Waals surface area contributed by atoms with Gasteiger partial charge in [0.2, 0.25) is 0 Å². The van der Waals surface area contributed by atoms with E-state index in [1.54, 1.807) is 18.6 Å². The minimum Gasteiger partial charge on any atom is -0.370 e. The first kappa shape index (κ1) is 8.68. The zero-order valence-electron chi connectivity index (χ0n) is 7.86. The Labute approximate surface area is 81.6 Å². The Balaban J connectivity index is 2.31. The Morgan fingerprint density at radius 1 is 1.36 bits per heavy atom. The highest BCUT2D eigenvalue weighted by atomic mass is 15.1. The van der Waals surface area contributed by atoms with E-state index in [4.69, 9.17) is 0 Å². The van der Waals surface area contributed by atoms with Crippen LogP contribution in [-0.4, -0.2) is 26.5 Å². The number of hydrogen-bond donors (Lipinski definition) is 2. The molecule has 0 spiro atoms. The van der Waals surface area contributed by atoms with Crippen molar-refractivity contribution in [2.45, 2.75) is 6.92 Å². The zero-order chi connectivity index (χ0) is 9.80. The van der Waals surface area contributed by atoms with Crippen LogP contribution in [0.15, 0.2) is 24.7 Å². The van der Waals surface area contributed by atoms with E-state index >= 15 is 0 Å². The third kappa shape index (κ3) is 1.71. The van der Waals surface area contributed by atoms with Crippen molar-refractivity contribution in [2.75, 3.05) is 11.9 Å². The second kappa shape index (κ2) is 3.87. The minimum absolute atomic E-state index is 0.605. The summed E-state index contributed by atoms with van der Waals surface area (Å²) in [5, 5.41) is 3.12. The molecule has 5 heteroatoms. The van der Waals surface area contributed by atoms with Crippen molar-refractivity contribution >= 4 is 5.82 Å². The number of anilines is 1. The van der Waals surface area contributed by atoms with Crippen molar-refractivity contribution in [1.29, 1.82) is 0 Å². The molecule has 0 aliphatic carbocycles. The number of hydrogen-bond acceptors (Lipinski definition) is 4. The van der Waals surface area contributed by atoms with Crippen LogP contribution in [-0.2, 0) is 0 Å². The van der Waals surface area contributed by atoms with Crippen LogP contribution in [0.3, 0.4) is 0 Å². The van der Waals surface area contributed by atoms with Crippen LogP contribution in [0.1, 0.15) is 6.92 Å². The van der Waals surface area contributed by atoms with Crippen molar-refractivity contribution in [2.24, 2.45) is 0 Å². The fraction of sp³-hybridized carbons (Fsp3) is 0.222. The van der Waals surface area contributed by atoms with Crippen LogP contribution in [0.4, 0.5) is 5.82 Å². The summed E-state index contributed by atoms with van der Waals surface area (Å²) >= 11 is 0. The number of nitrogens with one attached hydrogen (secondary N) is 2. The van der Waals surface area contributed by atoms with Crippen molar-refractivity contribution in [3.63, 3.8) is 0 Å². The molecule has 0 bridgehead atoms. The van der Waals surface area contributed by atoms with Gasteiger partial charge in [0.25, 0.3) is 0 Å². The molecule has 0 saturated carbocycles. The van der Waals surface area contributed by atoms with Gasteiger partial charge in [0.05, 0.1) is 0 Å². The lowest BCUT2D eigenvalue weighted by atomic mass is 10.5. The number of aromatic nitrogens is 4. The molecule has 0 radical (unpaired) electrons. The largest absolute Gasteiger partial charge is 0.370 e. The lowest BCUT2D eigenvalue weighted by Crippen LogP contribution is -2.01. The number of aromatic amines is 1. The molecule has 0 aromatic carbocycles. The first-order valence-electron chi connectivity index (χ1n) is 4.47. The fourth-order valence-electron chi connectivity index (χ4n) is 1.14. The summed E-state index contributed by atoms with van der Waals surface area (Å²) < 4.78 is 0. The Morgan fingerprint density at radius 3 is 3.00 bits per heavy atom. The van der Waals surface area contributed by atoms with Crippen LogP contribution >= 0.6 is 0 Å². The molecule has 2 rings (SSSR count). The van der Waals surface area contributed by atoms with E-state index in [9.17, 15) is 0 Å². The van der Waals surface area contributed by atoms with E-state index < -0.39 is 0 Å². The van der Waals surface area contributed by atoms with Crippen LogP contribution in [0.25, 0.3) is 11.6 Å². The third-order valence-electron chi connectivity index (χ3n) is 1.72. The highest BCUT2D eigenvalue weighted by molar-refractivity contribution is 5.47. The van der Waals surface area contributed by atoms with Crippen LogP contribution in [0.2, 0.25) is 0 Å². The second-order valence-corrected chi connectivity index (χ2v) is 2.73. The van der Waals surface area contributed by atoms with E-state index in [1.807, 2.05) is 13.0 Å². The van der Waals surface area contributed by atoms with Gasteiger partial charge in [0, 0.05) is 25.1 Å². The average molecular weight is 189 g/mol. The SMILES string of the molecule is CCNc1ccnc(-c2ncc[nH]2)n1. The fourth-order valence-corrected chi connectivity index (χ4v) is 1.14. The molecule has 2 aromatic heterocycles. The van der Waals surface area contributed by atoms with Gasteiger partial charge in [-0.15, -0.1) is 0 Å². The van der Waals surface area contributed by atoms with E-state index in [0.717, 1.165) is 12.4 Å². The van der Waals surface area contributed by atoms with Crippen LogP contribution in [0, 0.1) is 0 Å².